The SMILES string of the molecule is CCNC1CCC(C(C)C)CC1CN1CCOCC1(C)C. The second kappa shape index (κ2) is 7.43. The van der Waals surface area contributed by atoms with E-state index in [0.717, 1.165) is 44.1 Å². The Hall–Kier alpha value is -0.120. The molecule has 0 aromatic heterocycles. The van der Waals surface area contributed by atoms with Crippen LogP contribution in [-0.2, 0) is 4.74 Å². The maximum absolute atomic E-state index is 5.68. The highest BCUT2D eigenvalue weighted by atomic mass is 16.5. The van der Waals surface area contributed by atoms with Crippen LogP contribution in [0.3, 0.4) is 0 Å². The molecule has 1 aliphatic carbocycles. The van der Waals surface area contributed by atoms with Gasteiger partial charge in [0.25, 0.3) is 0 Å². The zero-order chi connectivity index (χ0) is 15.5. The van der Waals surface area contributed by atoms with Crippen molar-refractivity contribution in [2.24, 2.45) is 17.8 Å². The lowest BCUT2D eigenvalue weighted by Gasteiger charge is -2.47. The molecule has 1 saturated carbocycles. The summed E-state index contributed by atoms with van der Waals surface area (Å²) in [4.78, 5) is 2.67. The van der Waals surface area contributed by atoms with Crippen LogP contribution in [0.4, 0.5) is 0 Å². The molecule has 1 heterocycles. The third-order valence-corrected chi connectivity index (χ3v) is 5.70. The summed E-state index contributed by atoms with van der Waals surface area (Å²) in [5.74, 6) is 2.53. The zero-order valence-corrected chi connectivity index (χ0v) is 14.8. The molecule has 2 aliphatic rings. The molecule has 3 heteroatoms. The summed E-state index contributed by atoms with van der Waals surface area (Å²) in [5, 5.41) is 3.75. The summed E-state index contributed by atoms with van der Waals surface area (Å²) in [6.07, 6.45) is 4.15. The first-order valence-electron chi connectivity index (χ1n) is 9.00. The number of ether oxygens (including phenoxy) is 1. The van der Waals surface area contributed by atoms with E-state index in [-0.39, 0.29) is 5.54 Å². The molecular formula is C18H36N2O. The highest BCUT2D eigenvalue weighted by Crippen LogP contribution is 2.35. The number of nitrogens with one attached hydrogen (secondary N) is 1. The van der Waals surface area contributed by atoms with E-state index in [9.17, 15) is 0 Å². The van der Waals surface area contributed by atoms with Crippen molar-refractivity contribution in [3.63, 3.8) is 0 Å². The Kier molecular flexibility index (Phi) is 6.10. The van der Waals surface area contributed by atoms with E-state index < -0.39 is 0 Å². The summed E-state index contributed by atoms with van der Waals surface area (Å²) in [7, 11) is 0. The van der Waals surface area contributed by atoms with Gasteiger partial charge in [0.2, 0.25) is 0 Å². The predicted octanol–water partition coefficient (Wildman–Crippen LogP) is 3.15. The monoisotopic (exact) mass is 296 g/mol. The van der Waals surface area contributed by atoms with Crippen LogP contribution >= 0.6 is 0 Å². The van der Waals surface area contributed by atoms with Gasteiger partial charge in [-0.2, -0.15) is 0 Å². The van der Waals surface area contributed by atoms with E-state index in [1.807, 2.05) is 0 Å². The van der Waals surface area contributed by atoms with E-state index in [4.69, 9.17) is 4.74 Å². The summed E-state index contributed by atoms with van der Waals surface area (Å²) >= 11 is 0. The Morgan fingerprint density at radius 2 is 2.05 bits per heavy atom. The van der Waals surface area contributed by atoms with Crippen LogP contribution in [-0.4, -0.2) is 49.3 Å². The molecule has 0 aromatic rings. The Bertz CT molecular complexity index is 316. The van der Waals surface area contributed by atoms with Gasteiger partial charge in [-0.3, -0.25) is 4.90 Å². The van der Waals surface area contributed by atoms with Gasteiger partial charge in [0, 0.05) is 24.7 Å². The Labute approximate surface area is 131 Å². The first-order valence-corrected chi connectivity index (χ1v) is 9.00. The number of nitrogens with zero attached hydrogens (tertiary/aromatic N) is 1. The Balaban J connectivity index is 2.01. The van der Waals surface area contributed by atoms with E-state index in [2.05, 4.69) is 44.8 Å². The molecule has 0 bridgehead atoms. The van der Waals surface area contributed by atoms with Crippen molar-refractivity contribution in [2.75, 3.05) is 32.8 Å². The molecule has 0 radical (unpaired) electrons. The molecule has 1 aliphatic heterocycles. The van der Waals surface area contributed by atoms with E-state index in [0.29, 0.717) is 6.04 Å². The fraction of sp³-hybridized carbons (Fsp3) is 1.00. The summed E-state index contributed by atoms with van der Waals surface area (Å²) in [6.45, 7) is 16.9. The molecule has 21 heavy (non-hydrogen) atoms. The highest BCUT2D eigenvalue weighted by molar-refractivity contribution is 4.92. The van der Waals surface area contributed by atoms with Crippen LogP contribution in [0.5, 0.6) is 0 Å². The summed E-state index contributed by atoms with van der Waals surface area (Å²) in [5.41, 5.74) is 0.194. The maximum atomic E-state index is 5.68. The number of hydrogen-bond donors (Lipinski definition) is 1. The first-order chi connectivity index (χ1) is 9.94. The molecule has 2 fully saturated rings. The Morgan fingerprint density at radius 3 is 2.67 bits per heavy atom. The van der Waals surface area contributed by atoms with Crippen molar-refractivity contribution in [1.82, 2.24) is 10.2 Å². The molecule has 3 atom stereocenters. The van der Waals surface area contributed by atoms with Crippen LogP contribution in [0.15, 0.2) is 0 Å². The van der Waals surface area contributed by atoms with Crippen LogP contribution < -0.4 is 5.32 Å². The van der Waals surface area contributed by atoms with Gasteiger partial charge in [0.1, 0.15) is 0 Å². The van der Waals surface area contributed by atoms with Gasteiger partial charge in [-0.05, 0) is 57.4 Å². The molecule has 0 amide bonds. The average Bonchev–Trinajstić information content (AvgIpc) is 2.43. The third-order valence-electron chi connectivity index (χ3n) is 5.70. The molecule has 2 rings (SSSR count). The van der Waals surface area contributed by atoms with E-state index in [1.54, 1.807) is 0 Å². The number of hydrogen-bond acceptors (Lipinski definition) is 3. The second-order valence-corrected chi connectivity index (χ2v) is 8.05. The van der Waals surface area contributed by atoms with Crippen LogP contribution in [0.25, 0.3) is 0 Å². The largest absolute Gasteiger partial charge is 0.378 e. The summed E-state index contributed by atoms with van der Waals surface area (Å²) < 4.78 is 5.68. The molecule has 0 spiro atoms. The van der Waals surface area contributed by atoms with Gasteiger partial charge in [0.15, 0.2) is 0 Å². The second-order valence-electron chi connectivity index (χ2n) is 8.05. The van der Waals surface area contributed by atoms with Crippen molar-refractivity contribution >= 4 is 0 Å². The van der Waals surface area contributed by atoms with Crippen LogP contribution in [0.2, 0.25) is 0 Å². The zero-order valence-electron chi connectivity index (χ0n) is 14.8. The van der Waals surface area contributed by atoms with Gasteiger partial charge in [-0.25, -0.2) is 0 Å². The van der Waals surface area contributed by atoms with Crippen molar-refractivity contribution in [2.45, 2.75) is 65.5 Å². The molecule has 0 aromatic carbocycles. The smallest absolute Gasteiger partial charge is 0.0645 e. The molecule has 1 N–H and O–H groups in total. The normalized spacial score (nSPS) is 34.3. The van der Waals surface area contributed by atoms with Crippen molar-refractivity contribution in [1.29, 1.82) is 0 Å². The van der Waals surface area contributed by atoms with Gasteiger partial charge < -0.3 is 10.1 Å². The molecular weight excluding hydrogens is 260 g/mol. The van der Waals surface area contributed by atoms with Crippen molar-refractivity contribution < 1.29 is 4.74 Å². The third kappa shape index (κ3) is 4.43. The van der Waals surface area contributed by atoms with Gasteiger partial charge in [-0.1, -0.05) is 20.8 Å². The van der Waals surface area contributed by atoms with Crippen molar-refractivity contribution in [3.8, 4) is 0 Å². The van der Waals surface area contributed by atoms with Gasteiger partial charge >= 0.3 is 0 Å². The topological polar surface area (TPSA) is 24.5 Å². The first kappa shape index (κ1) is 17.2. The van der Waals surface area contributed by atoms with Gasteiger partial charge in [-0.15, -0.1) is 0 Å². The quantitative estimate of drug-likeness (QED) is 0.843. The van der Waals surface area contributed by atoms with Gasteiger partial charge in [0.05, 0.1) is 13.2 Å². The molecule has 3 unspecified atom stereocenters. The molecule has 1 saturated heterocycles. The highest BCUT2D eigenvalue weighted by Gasteiger charge is 2.37. The number of morpholine rings is 1. The lowest BCUT2D eigenvalue weighted by Crippen LogP contribution is -2.57. The lowest BCUT2D eigenvalue weighted by molar-refractivity contribution is -0.0631. The minimum Gasteiger partial charge on any atom is -0.378 e. The fourth-order valence-electron chi connectivity index (χ4n) is 4.15. The average molecular weight is 296 g/mol. The van der Waals surface area contributed by atoms with Crippen LogP contribution in [0, 0.1) is 17.8 Å². The molecule has 124 valence electrons. The number of rotatable bonds is 5. The summed E-state index contributed by atoms with van der Waals surface area (Å²) in [6, 6.07) is 0.712. The fourth-order valence-corrected chi connectivity index (χ4v) is 4.15. The Morgan fingerprint density at radius 1 is 1.29 bits per heavy atom. The lowest BCUT2D eigenvalue weighted by atomic mass is 9.73. The van der Waals surface area contributed by atoms with Crippen LogP contribution in [0.1, 0.15) is 53.9 Å². The van der Waals surface area contributed by atoms with Crippen molar-refractivity contribution in [3.05, 3.63) is 0 Å². The molecule has 3 nitrogen and oxygen atoms in total. The van der Waals surface area contributed by atoms with E-state index in [1.165, 1.54) is 25.8 Å². The minimum absolute atomic E-state index is 0.194. The minimum atomic E-state index is 0.194. The predicted molar refractivity (Wildman–Crippen MR) is 89.6 cm³/mol. The van der Waals surface area contributed by atoms with E-state index >= 15 is 0 Å². The maximum Gasteiger partial charge on any atom is 0.0645 e. The standard InChI is InChI=1S/C18H36N2O/c1-6-19-17-8-7-15(14(2)3)11-16(17)12-20-9-10-21-13-18(20,4)5/h14-17,19H,6-13H2,1-5H3.